The zero-order chi connectivity index (χ0) is 26.4. The first-order chi connectivity index (χ1) is 17.7. The molecule has 1 N–H and O–H groups in total. The maximum Gasteiger partial charge on any atom is 0.132 e. The van der Waals surface area contributed by atoms with Gasteiger partial charge in [0.15, 0.2) is 0 Å². The maximum absolute atomic E-state index is 11.6. The van der Waals surface area contributed by atoms with Gasteiger partial charge in [0, 0.05) is 12.8 Å². The van der Waals surface area contributed by atoms with Crippen molar-refractivity contribution in [1.29, 1.82) is 0 Å². The largest absolute Gasteiger partial charge is 0.393 e. The quantitative estimate of drug-likeness (QED) is 0.0945. The number of Topliss-reactive ketones (excluding diaryl/α,β-unsaturated/α-hetero) is 1. The Bertz CT molecular complexity index is 419. The molecular formula is C34H68O2. The third-order valence-corrected chi connectivity index (χ3v) is 8.02. The minimum absolute atomic E-state index is 0.0589. The standard InChI is InChI=1S/C34H68O2/c1-3-5-30-34(36)32-29-27-25-23-21-19-17-15-13-11-9-7-6-8-10-12-14-16-18-20-22-24-26-28-31-33(35)4-2/h33,35H,3-32H2,1-2H3/t33-/m1/s1. The first kappa shape index (κ1) is 35.6. The van der Waals surface area contributed by atoms with Crippen LogP contribution >= 0.6 is 0 Å². The fourth-order valence-electron chi connectivity index (χ4n) is 5.29. The van der Waals surface area contributed by atoms with Crippen molar-refractivity contribution < 1.29 is 9.90 Å². The summed E-state index contributed by atoms with van der Waals surface area (Å²) in [7, 11) is 0. The zero-order valence-electron chi connectivity index (χ0n) is 25.1. The molecule has 0 saturated carbocycles. The number of aliphatic hydroxyl groups excluding tert-OH is 1. The lowest BCUT2D eigenvalue weighted by molar-refractivity contribution is -0.119. The minimum atomic E-state index is -0.0589. The van der Waals surface area contributed by atoms with Crippen LogP contribution in [-0.2, 0) is 4.79 Å². The van der Waals surface area contributed by atoms with Crippen LogP contribution in [0.2, 0.25) is 0 Å². The van der Waals surface area contributed by atoms with Crippen LogP contribution in [0.3, 0.4) is 0 Å². The second-order valence-corrected chi connectivity index (χ2v) is 11.7. The Labute approximate surface area is 228 Å². The molecule has 1 atom stereocenters. The highest BCUT2D eigenvalue weighted by atomic mass is 16.3. The first-order valence-electron chi connectivity index (χ1n) is 16.9. The van der Waals surface area contributed by atoms with Gasteiger partial charge in [-0.1, -0.05) is 168 Å². The number of hydrogen-bond donors (Lipinski definition) is 1. The molecule has 2 nitrogen and oxygen atoms in total. The summed E-state index contributed by atoms with van der Waals surface area (Å²) in [6, 6.07) is 0. The Morgan fingerprint density at radius 3 is 1.03 bits per heavy atom. The van der Waals surface area contributed by atoms with Gasteiger partial charge in [-0.15, -0.1) is 0 Å². The number of rotatable bonds is 31. The van der Waals surface area contributed by atoms with Crippen LogP contribution in [-0.4, -0.2) is 17.0 Å². The van der Waals surface area contributed by atoms with Gasteiger partial charge in [-0.05, 0) is 25.7 Å². The van der Waals surface area contributed by atoms with Crippen molar-refractivity contribution >= 4 is 5.78 Å². The van der Waals surface area contributed by atoms with Crippen LogP contribution in [0, 0.1) is 0 Å². The summed E-state index contributed by atoms with van der Waals surface area (Å²) in [5, 5.41) is 9.56. The van der Waals surface area contributed by atoms with Crippen LogP contribution < -0.4 is 0 Å². The topological polar surface area (TPSA) is 37.3 Å². The van der Waals surface area contributed by atoms with Crippen molar-refractivity contribution in [3.63, 3.8) is 0 Å². The van der Waals surface area contributed by atoms with Crippen LogP contribution in [0.1, 0.15) is 206 Å². The third kappa shape index (κ3) is 29.9. The molecule has 0 amide bonds. The molecule has 0 rings (SSSR count). The lowest BCUT2D eigenvalue weighted by Crippen LogP contribution is -2.03. The summed E-state index contributed by atoms with van der Waals surface area (Å²) >= 11 is 0. The van der Waals surface area contributed by atoms with Gasteiger partial charge in [-0.3, -0.25) is 4.79 Å². The summed E-state index contributed by atoms with van der Waals surface area (Å²) < 4.78 is 0. The number of carbonyl (C=O) groups excluding carboxylic acids is 1. The van der Waals surface area contributed by atoms with Crippen LogP contribution in [0.15, 0.2) is 0 Å². The lowest BCUT2D eigenvalue weighted by Gasteiger charge is -2.06. The van der Waals surface area contributed by atoms with Gasteiger partial charge in [0.25, 0.3) is 0 Å². The molecule has 0 aromatic heterocycles. The van der Waals surface area contributed by atoms with Gasteiger partial charge in [-0.2, -0.15) is 0 Å². The molecule has 0 aliphatic carbocycles. The maximum atomic E-state index is 11.6. The predicted molar refractivity (Wildman–Crippen MR) is 161 cm³/mol. The fourth-order valence-corrected chi connectivity index (χ4v) is 5.29. The smallest absolute Gasteiger partial charge is 0.132 e. The van der Waals surface area contributed by atoms with Crippen molar-refractivity contribution in [3.8, 4) is 0 Å². The molecule has 0 aliphatic heterocycles. The SMILES string of the molecule is CCCCC(=O)CCCCCCCCCCCCCCCCCCCCCCCCCC[C@H](O)CC. The van der Waals surface area contributed by atoms with E-state index in [1.54, 1.807) is 0 Å². The normalized spacial score (nSPS) is 12.3. The van der Waals surface area contributed by atoms with Crippen LogP contribution in [0.5, 0.6) is 0 Å². The molecule has 0 saturated heterocycles. The van der Waals surface area contributed by atoms with Crippen molar-refractivity contribution in [2.24, 2.45) is 0 Å². The van der Waals surface area contributed by atoms with Gasteiger partial charge >= 0.3 is 0 Å². The van der Waals surface area contributed by atoms with Crippen molar-refractivity contribution in [3.05, 3.63) is 0 Å². The summed E-state index contributed by atoms with van der Waals surface area (Å²) in [6.45, 7) is 4.23. The molecule has 0 radical (unpaired) electrons. The highest BCUT2D eigenvalue weighted by molar-refractivity contribution is 5.78. The lowest BCUT2D eigenvalue weighted by atomic mass is 10.0. The van der Waals surface area contributed by atoms with E-state index in [9.17, 15) is 9.90 Å². The van der Waals surface area contributed by atoms with Crippen molar-refractivity contribution in [2.75, 3.05) is 0 Å². The van der Waals surface area contributed by atoms with Gasteiger partial charge in [0.2, 0.25) is 0 Å². The molecule has 36 heavy (non-hydrogen) atoms. The van der Waals surface area contributed by atoms with E-state index in [1.807, 2.05) is 0 Å². The second-order valence-electron chi connectivity index (χ2n) is 11.7. The fraction of sp³-hybridized carbons (Fsp3) is 0.971. The molecule has 216 valence electrons. The summed E-state index contributed by atoms with van der Waals surface area (Å²) in [6.07, 6.45) is 39.1. The summed E-state index contributed by atoms with van der Waals surface area (Å²) in [5.74, 6) is 0.487. The summed E-state index contributed by atoms with van der Waals surface area (Å²) in [4.78, 5) is 11.6. The van der Waals surface area contributed by atoms with E-state index in [-0.39, 0.29) is 6.10 Å². The second kappa shape index (κ2) is 30.9. The Morgan fingerprint density at radius 2 is 0.722 bits per heavy atom. The molecule has 0 unspecified atom stereocenters. The molecule has 0 aromatic rings. The van der Waals surface area contributed by atoms with E-state index in [0.29, 0.717) is 5.78 Å². The number of unbranched alkanes of at least 4 members (excludes halogenated alkanes) is 24. The molecule has 0 aliphatic rings. The first-order valence-corrected chi connectivity index (χ1v) is 16.9. The van der Waals surface area contributed by atoms with Crippen LogP contribution in [0.4, 0.5) is 0 Å². The van der Waals surface area contributed by atoms with Crippen LogP contribution in [0.25, 0.3) is 0 Å². The highest BCUT2D eigenvalue weighted by Gasteiger charge is 2.01. The Balaban J connectivity index is 3.07. The van der Waals surface area contributed by atoms with Crippen molar-refractivity contribution in [1.82, 2.24) is 0 Å². The van der Waals surface area contributed by atoms with Crippen molar-refractivity contribution in [2.45, 2.75) is 213 Å². The molecular weight excluding hydrogens is 440 g/mol. The predicted octanol–water partition coefficient (Wildman–Crippen LogP) is 11.7. The van der Waals surface area contributed by atoms with E-state index in [2.05, 4.69) is 13.8 Å². The monoisotopic (exact) mass is 509 g/mol. The van der Waals surface area contributed by atoms with Gasteiger partial charge in [0.1, 0.15) is 5.78 Å². The molecule has 0 aromatic carbocycles. The molecule has 2 heteroatoms. The Kier molecular flexibility index (Phi) is 30.5. The van der Waals surface area contributed by atoms with E-state index >= 15 is 0 Å². The van der Waals surface area contributed by atoms with E-state index in [1.165, 1.54) is 148 Å². The summed E-state index contributed by atoms with van der Waals surface area (Å²) in [5.41, 5.74) is 0. The Morgan fingerprint density at radius 1 is 0.444 bits per heavy atom. The van der Waals surface area contributed by atoms with E-state index in [0.717, 1.165) is 44.9 Å². The van der Waals surface area contributed by atoms with Gasteiger partial charge < -0.3 is 5.11 Å². The van der Waals surface area contributed by atoms with Gasteiger partial charge in [-0.25, -0.2) is 0 Å². The molecule has 0 fully saturated rings. The average molecular weight is 509 g/mol. The van der Waals surface area contributed by atoms with Gasteiger partial charge in [0.05, 0.1) is 6.10 Å². The third-order valence-electron chi connectivity index (χ3n) is 8.02. The minimum Gasteiger partial charge on any atom is -0.393 e. The van der Waals surface area contributed by atoms with E-state index < -0.39 is 0 Å². The number of hydrogen-bond acceptors (Lipinski definition) is 2. The molecule has 0 bridgehead atoms. The molecule has 0 heterocycles. The number of aliphatic hydroxyl groups is 1. The average Bonchev–Trinajstić information content (AvgIpc) is 2.89. The molecule has 0 spiro atoms. The Hall–Kier alpha value is -0.370. The number of ketones is 1. The number of carbonyl (C=O) groups is 1. The zero-order valence-corrected chi connectivity index (χ0v) is 25.1. The van der Waals surface area contributed by atoms with E-state index in [4.69, 9.17) is 0 Å². The highest BCUT2D eigenvalue weighted by Crippen LogP contribution is 2.16.